The molecule has 2 heterocycles. The third-order valence-electron chi connectivity index (χ3n) is 2.47. The summed E-state index contributed by atoms with van der Waals surface area (Å²) in [6.45, 7) is 2.63. The molecule has 0 aromatic carbocycles. The number of rotatable bonds is 3. The number of imidazole rings is 1. The minimum atomic E-state index is -0.526. The Morgan fingerprint density at radius 1 is 1.53 bits per heavy atom. The van der Waals surface area contributed by atoms with Crippen LogP contribution in [0.4, 0.5) is 0 Å². The summed E-state index contributed by atoms with van der Waals surface area (Å²) in [7, 11) is 0. The fourth-order valence-electron chi connectivity index (χ4n) is 1.73. The third-order valence-corrected chi connectivity index (χ3v) is 2.47. The van der Waals surface area contributed by atoms with E-state index in [9.17, 15) is 9.59 Å². The van der Waals surface area contributed by atoms with E-state index in [1.165, 1.54) is 0 Å². The molecule has 6 heteroatoms. The van der Waals surface area contributed by atoms with Gasteiger partial charge in [0.2, 0.25) is 0 Å². The van der Waals surface area contributed by atoms with E-state index >= 15 is 0 Å². The van der Waals surface area contributed by atoms with E-state index < -0.39 is 11.2 Å². The number of aryl methyl sites for hydroxylation is 1. The van der Waals surface area contributed by atoms with Crippen LogP contribution in [0.5, 0.6) is 0 Å². The molecule has 2 aromatic heterocycles. The summed E-state index contributed by atoms with van der Waals surface area (Å²) in [5.41, 5.74) is -0.224. The molecule has 0 bridgehead atoms. The second kappa shape index (κ2) is 4.29. The van der Waals surface area contributed by atoms with Crippen molar-refractivity contribution >= 4 is 11.2 Å². The van der Waals surface area contributed by atoms with Gasteiger partial charge in [0.25, 0.3) is 5.56 Å². The van der Waals surface area contributed by atoms with Crippen molar-refractivity contribution in [1.29, 1.82) is 0 Å². The van der Waals surface area contributed by atoms with E-state index in [1.807, 2.05) is 6.92 Å². The van der Waals surface area contributed by atoms with Gasteiger partial charge >= 0.3 is 5.69 Å². The molecular formula is C11H12N4O2. The van der Waals surface area contributed by atoms with Crippen LogP contribution < -0.4 is 11.2 Å². The maximum absolute atomic E-state index is 12.1. The van der Waals surface area contributed by atoms with Crippen LogP contribution in [0.15, 0.2) is 15.9 Å². The lowest BCUT2D eigenvalue weighted by Crippen LogP contribution is -2.35. The Morgan fingerprint density at radius 3 is 2.94 bits per heavy atom. The average Bonchev–Trinajstić information content (AvgIpc) is 2.68. The van der Waals surface area contributed by atoms with Crippen molar-refractivity contribution in [3.8, 4) is 12.3 Å². The van der Waals surface area contributed by atoms with Gasteiger partial charge in [0, 0.05) is 6.54 Å². The second-order valence-corrected chi connectivity index (χ2v) is 3.66. The molecule has 0 fully saturated rings. The molecule has 0 aliphatic rings. The molecule has 1 N–H and O–H groups in total. The first kappa shape index (κ1) is 11.2. The predicted molar refractivity (Wildman–Crippen MR) is 63.7 cm³/mol. The highest BCUT2D eigenvalue weighted by Crippen LogP contribution is 2.03. The van der Waals surface area contributed by atoms with E-state index in [2.05, 4.69) is 15.9 Å². The van der Waals surface area contributed by atoms with E-state index in [-0.39, 0.29) is 6.54 Å². The highest BCUT2D eigenvalue weighted by atomic mass is 16.2. The topological polar surface area (TPSA) is 72.7 Å². The van der Waals surface area contributed by atoms with E-state index in [0.717, 1.165) is 11.0 Å². The van der Waals surface area contributed by atoms with Gasteiger partial charge in [0.15, 0.2) is 11.2 Å². The quantitative estimate of drug-likeness (QED) is 0.753. The molecule has 6 nitrogen and oxygen atoms in total. The van der Waals surface area contributed by atoms with E-state index in [1.54, 1.807) is 10.9 Å². The Bertz CT molecular complexity index is 699. The zero-order valence-electron chi connectivity index (χ0n) is 9.43. The van der Waals surface area contributed by atoms with Gasteiger partial charge in [-0.05, 0) is 6.42 Å². The van der Waals surface area contributed by atoms with Crippen molar-refractivity contribution < 1.29 is 0 Å². The molecule has 0 amide bonds. The van der Waals surface area contributed by atoms with Crippen LogP contribution in [0.1, 0.15) is 13.3 Å². The van der Waals surface area contributed by atoms with Gasteiger partial charge in [-0.3, -0.25) is 9.78 Å². The Kier molecular flexibility index (Phi) is 2.83. The Morgan fingerprint density at radius 2 is 2.29 bits per heavy atom. The van der Waals surface area contributed by atoms with Crippen molar-refractivity contribution in [3.63, 3.8) is 0 Å². The SMILES string of the molecule is C#CCn1c(=O)[nH]c2ncn(CCC)c2c1=O. The smallest absolute Gasteiger partial charge is 0.325 e. The summed E-state index contributed by atoms with van der Waals surface area (Å²) in [5, 5.41) is 0. The number of hydrogen-bond acceptors (Lipinski definition) is 3. The average molecular weight is 232 g/mol. The zero-order valence-corrected chi connectivity index (χ0v) is 9.43. The summed E-state index contributed by atoms with van der Waals surface area (Å²) < 4.78 is 2.72. The number of aromatic amines is 1. The monoisotopic (exact) mass is 232 g/mol. The molecule has 2 aromatic rings. The van der Waals surface area contributed by atoms with Crippen LogP contribution in [-0.2, 0) is 13.1 Å². The maximum Gasteiger partial charge on any atom is 0.330 e. The lowest BCUT2D eigenvalue weighted by molar-refractivity contribution is 0.682. The molecular weight excluding hydrogens is 220 g/mol. The molecule has 2 rings (SSSR count). The lowest BCUT2D eigenvalue weighted by atomic mass is 10.4. The standard InChI is InChI=1S/C11H12N4O2/c1-3-5-14-7-12-9-8(14)10(16)15(6-4-2)11(17)13-9/h2,7H,3,5-6H2,1H3,(H,13,17). The predicted octanol–water partition coefficient (Wildman–Crippen LogP) is -0.0705. The van der Waals surface area contributed by atoms with Crippen LogP contribution >= 0.6 is 0 Å². The Hall–Kier alpha value is -2.29. The van der Waals surface area contributed by atoms with Crippen molar-refractivity contribution in [2.75, 3.05) is 0 Å². The zero-order chi connectivity index (χ0) is 12.4. The normalized spacial score (nSPS) is 10.6. The summed E-state index contributed by atoms with van der Waals surface area (Å²) in [6.07, 6.45) is 7.55. The molecule has 88 valence electrons. The van der Waals surface area contributed by atoms with Gasteiger partial charge in [-0.25, -0.2) is 14.3 Å². The Balaban J connectivity index is 2.79. The molecule has 17 heavy (non-hydrogen) atoms. The van der Waals surface area contributed by atoms with E-state index in [4.69, 9.17) is 6.42 Å². The molecule has 0 aliphatic carbocycles. The first-order valence-electron chi connectivity index (χ1n) is 5.30. The molecule has 0 aliphatic heterocycles. The number of H-pyrrole nitrogens is 1. The van der Waals surface area contributed by atoms with Gasteiger partial charge in [-0.15, -0.1) is 6.42 Å². The Labute approximate surface area is 96.9 Å². The largest absolute Gasteiger partial charge is 0.330 e. The second-order valence-electron chi connectivity index (χ2n) is 3.66. The summed E-state index contributed by atoms with van der Waals surface area (Å²) in [4.78, 5) is 30.2. The van der Waals surface area contributed by atoms with Gasteiger partial charge in [0.05, 0.1) is 12.9 Å². The lowest BCUT2D eigenvalue weighted by Gasteiger charge is -2.03. The first-order chi connectivity index (χ1) is 8.19. The fraction of sp³-hybridized carbons (Fsp3) is 0.364. The summed E-state index contributed by atoms with van der Waals surface area (Å²) >= 11 is 0. The van der Waals surface area contributed by atoms with Gasteiger partial charge in [-0.2, -0.15) is 0 Å². The number of fused-ring (bicyclic) bond motifs is 1. The molecule has 0 radical (unpaired) electrons. The van der Waals surface area contributed by atoms with Crippen LogP contribution in [0, 0.1) is 12.3 Å². The number of nitrogens with one attached hydrogen (secondary N) is 1. The van der Waals surface area contributed by atoms with E-state index in [0.29, 0.717) is 17.7 Å². The maximum atomic E-state index is 12.1. The van der Waals surface area contributed by atoms with Crippen molar-refractivity contribution in [3.05, 3.63) is 27.2 Å². The van der Waals surface area contributed by atoms with Crippen molar-refractivity contribution in [2.24, 2.45) is 0 Å². The van der Waals surface area contributed by atoms with Crippen LogP contribution in [0.25, 0.3) is 11.2 Å². The van der Waals surface area contributed by atoms with Crippen molar-refractivity contribution in [2.45, 2.75) is 26.4 Å². The summed E-state index contributed by atoms with van der Waals surface area (Å²) in [5.74, 6) is 2.29. The molecule has 0 spiro atoms. The first-order valence-corrected chi connectivity index (χ1v) is 5.30. The number of hydrogen-bond donors (Lipinski definition) is 1. The highest BCUT2D eigenvalue weighted by molar-refractivity contribution is 5.69. The van der Waals surface area contributed by atoms with Crippen LogP contribution in [0.3, 0.4) is 0 Å². The molecule has 0 atom stereocenters. The molecule has 0 saturated carbocycles. The molecule has 0 saturated heterocycles. The minimum Gasteiger partial charge on any atom is -0.325 e. The highest BCUT2D eigenvalue weighted by Gasteiger charge is 2.11. The number of nitrogens with zero attached hydrogens (tertiary/aromatic N) is 3. The van der Waals surface area contributed by atoms with Crippen LogP contribution in [-0.4, -0.2) is 19.1 Å². The van der Waals surface area contributed by atoms with Gasteiger partial charge in [-0.1, -0.05) is 12.8 Å². The van der Waals surface area contributed by atoms with Crippen molar-refractivity contribution in [1.82, 2.24) is 19.1 Å². The fourth-order valence-corrected chi connectivity index (χ4v) is 1.73. The van der Waals surface area contributed by atoms with Crippen LogP contribution in [0.2, 0.25) is 0 Å². The van der Waals surface area contributed by atoms with Gasteiger partial charge < -0.3 is 4.57 Å². The minimum absolute atomic E-state index is 0.0403. The van der Waals surface area contributed by atoms with Gasteiger partial charge in [0.1, 0.15) is 0 Å². The number of terminal acetylenes is 1. The third kappa shape index (κ3) is 1.76. The number of aromatic nitrogens is 4. The summed E-state index contributed by atoms with van der Waals surface area (Å²) in [6, 6.07) is 0. The molecule has 0 unspecified atom stereocenters.